The van der Waals surface area contributed by atoms with Crippen LogP contribution in [-0.4, -0.2) is 29.8 Å². The molecule has 1 fully saturated rings. The van der Waals surface area contributed by atoms with Gasteiger partial charge in [0.2, 0.25) is 0 Å². The van der Waals surface area contributed by atoms with Crippen molar-refractivity contribution in [1.82, 2.24) is 4.90 Å². The number of halogens is 1. The normalized spacial score (nSPS) is 14.3. The molecule has 1 aliphatic heterocycles. The first-order valence-electron chi connectivity index (χ1n) is 8.10. The van der Waals surface area contributed by atoms with Crippen molar-refractivity contribution in [2.24, 2.45) is 0 Å². The fourth-order valence-corrected chi connectivity index (χ4v) is 2.94. The zero-order valence-electron chi connectivity index (χ0n) is 13.3. The zero-order chi connectivity index (χ0) is 16.9. The maximum absolute atomic E-state index is 12.5. The quantitative estimate of drug-likeness (QED) is 0.908. The van der Waals surface area contributed by atoms with Crippen molar-refractivity contribution in [3.05, 3.63) is 64.7 Å². The number of hydrogen-bond acceptors (Lipinski definition) is 2. The lowest BCUT2D eigenvalue weighted by atomic mass is 10.1. The number of carbonyl (C=O) groups excluding carboxylic acids is 2. The molecule has 0 radical (unpaired) electrons. The Morgan fingerprint density at radius 3 is 2.33 bits per heavy atom. The van der Waals surface area contributed by atoms with E-state index in [1.54, 1.807) is 48.5 Å². The van der Waals surface area contributed by atoms with Gasteiger partial charge in [0.05, 0.1) is 0 Å². The van der Waals surface area contributed by atoms with Crippen LogP contribution in [-0.2, 0) is 0 Å². The van der Waals surface area contributed by atoms with E-state index < -0.39 is 0 Å². The van der Waals surface area contributed by atoms with Crippen LogP contribution in [0, 0.1) is 0 Å². The minimum Gasteiger partial charge on any atom is -0.339 e. The minimum absolute atomic E-state index is 0.0253. The number of benzene rings is 2. The van der Waals surface area contributed by atoms with E-state index in [2.05, 4.69) is 5.32 Å². The van der Waals surface area contributed by atoms with Gasteiger partial charge < -0.3 is 10.2 Å². The van der Waals surface area contributed by atoms with Crippen LogP contribution in [0.3, 0.4) is 0 Å². The fourth-order valence-electron chi connectivity index (χ4n) is 2.81. The molecule has 2 aromatic carbocycles. The SMILES string of the molecule is O=C(Nc1cccc(C(=O)N2CCCCC2)c1)c1ccc(Cl)cc1. The van der Waals surface area contributed by atoms with E-state index in [9.17, 15) is 9.59 Å². The van der Waals surface area contributed by atoms with Crippen LogP contribution in [0.25, 0.3) is 0 Å². The summed E-state index contributed by atoms with van der Waals surface area (Å²) >= 11 is 5.83. The van der Waals surface area contributed by atoms with E-state index in [-0.39, 0.29) is 11.8 Å². The predicted octanol–water partition coefficient (Wildman–Crippen LogP) is 4.22. The van der Waals surface area contributed by atoms with E-state index >= 15 is 0 Å². The van der Waals surface area contributed by atoms with Crippen molar-refractivity contribution in [3.63, 3.8) is 0 Å². The summed E-state index contributed by atoms with van der Waals surface area (Å²) < 4.78 is 0. The third kappa shape index (κ3) is 3.95. The van der Waals surface area contributed by atoms with Gasteiger partial charge in [0.1, 0.15) is 0 Å². The lowest BCUT2D eigenvalue weighted by Crippen LogP contribution is -2.35. The van der Waals surface area contributed by atoms with E-state index in [4.69, 9.17) is 11.6 Å². The summed E-state index contributed by atoms with van der Waals surface area (Å²) in [5.41, 5.74) is 1.73. The molecule has 0 aliphatic carbocycles. The summed E-state index contributed by atoms with van der Waals surface area (Å²) in [6.07, 6.45) is 3.29. The Bertz CT molecular complexity index is 737. The number of rotatable bonds is 3. The van der Waals surface area contributed by atoms with Gasteiger partial charge in [0.25, 0.3) is 11.8 Å². The largest absolute Gasteiger partial charge is 0.339 e. The van der Waals surface area contributed by atoms with Crippen LogP contribution in [0.15, 0.2) is 48.5 Å². The van der Waals surface area contributed by atoms with Crippen LogP contribution in [0.4, 0.5) is 5.69 Å². The third-order valence-electron chi connectivity index (χ3n) is 4.12. The molecule has 1 saturated heterocycles. The van der Waals surface area contributed by atoms with Gasteiger partial charge in [-0.05, 0) is 61.7 Å². The highest BCUT2D eigenvalue weighted by Gasteiger charge is 2.18. The second kappa shape index (κ2) is 7.49. The fraction of sp³-hybridized carbons (Fsp3) is 0.263. The van der Waals surface area contributed by atoms with Gasteiger partial charge in [-0.25, -0.2) is 0 Å². The van der Waals surface area contributed by atoms with Crippen molar-refractivity contribution < 1.29 is 9.59 Å². The van der Waals surface area contributed by atoms with Gasteiger partial charge in [-0.3, -0.25) is 9.59 Å². The zero-order valence-corrected chi connectivity index (χ0v) is 14.1. The van der Waals surface area contributed by atoms with Crippen molar-refractivity contribution in [2.45, 2.75) is 19.3 Å². The molecule has 124 valence electrons. The second-order valence-corrected chi connectivity index (χ2v) is 6.33. The maximum Gasteiger partial charge on any atom is 0.255 e. The highest BCUT2D eigenvalue weighted by molar-refractivity contribution is 6.30. The molecule has 0 saturated carbocycles. The van der Waals surface area contributed by atoms with Crippen molar-refractivity contribution in [2.75, 3.05) is 18.4 Å². The Morgan fingerprint density at radius 2 is 1.62 bits per heavy atom. The lowest BCUT2D eigenvalue weighted by Gasteiger charge is -2.26. The Morgan fingerprint density at radius 1 is 0.917 bits per heavy atom. The number of anilines is 1. The number of hydrogen-bond donors (Lipinski definition) is 1. The predicted molar refractivity (Wildman–Crippen MR) is 95.6 cm³/mol. The van der Waals surface area contributed by atoms with Crippen LogP contribution in [0.1, 0.15) is 40.0 Å². The monoisotopic (exact) mass is 342 g/mol. The average molecular weight is 343 g/mol. The molecule has 2 amide bonds. The van der Waals surface area contributed by atoms with E-state index in [0.717, 1.165) is 25.9 Å². The molecule has 0 unspecified atom stereocenters. The number of carbonyl (C=O) groups is 2. The highest BCUT2D eigenvalue weighted by Crippen LogP contribution is 2.17. The Balaban J connectivity index is 1.71. The molecular formula is C19H19ClN2O2. The van der Waals surface area contributed by atoms with Gasteiger partial charge in [0.15, 0.2) is 0 Å². The summed E-state index contributed by atoms with van der Waals surface area (Å²) in [6, 6.07) is 13.8. The molecule has 3 rings (SSSR count). The summed E-state index contributed by atoms with van der Waals surface area (Å²) in [6.45, 7) is 1.61. The topological polar surface area (TPSA) is 49.4 Å². The molecule has 24 heavy (non-hydrogen) atoms. The lowest BCUT2D eigenvalue weighted by molar-refractivity contribution is 0.0724. The van der Waals surface area contributed by atoms with Crippen molar-refractivity contribution >= 4 is 29.1 Å². The molecule has 0 spiro atoms. The molecule has 4 nitrogen and oxygen atoms in total. The van der Waals surface area contributed by atoms with Crippen LogP contribution in [0.2, 0.25) is 5.02 Å². The number of piperidine rings is 1. The number of amides is 2. The molecule has 2 aromatic rings. The highest BCUT2D eigenvalue weighted by atomic mass is 35.5. The third-order valence-corrected chi connectivity index (χ3v) is 4.37. The molecular weight excluding hydrogens is 324 g/mol. The van der Waals surface area contributed by atoms with Crippen molar-refractivity contribution in [1.29, 1.82) is 0 Å². The summed E-state index contributed by atoms with van der Waals surface area (Å²) in [7, 11) is 0. The molecule has 0 atom stereocenters. The number of likely N-dealkylation sites (tertiary alicyclic amines) is 1. The van der Waals surface area contributed by atoms with Crippen LogP contribution < -0.4 is 5.32 Å². The molecule has 1 N–H and O–H groups in total. The van der Waals surface area contributed by atoms with Gasteiger partial charge >= 0.3 is 0 Å². The van der Waals surface area contributed by atoms with E-state index in [0.29, 0.717) is 21.8 Å². The number of nitrogens with zero attached hydrogens (tertiary/aromatic N) is 1. The summed E-state index contributed by atoms with van der Waals surface area (Å²) in [5.74, 6) is -0.202. The second-order valence-electron chi connectivity index (χ2n) is 5.89. The van der Waals surface area contributed by atoms with E-state index in [1.165, 1.54) is 6.42 Å². The van der Waals surface area contributed by atoms with E-state index in [1.807, 2.05) is 4.90 Å². The average Bonchev–Trinajstić information content (AvgIpc) is 2.62. The Hall–Kier alpha value is -2.33. The maximum atomic E-state index is 12.5. The van der Waals surface area contributed by atoms with Crippen LogP contribution in [0.5, 0.6) is 0 Å². The van der Waals surface area contributed by atoms with Gasteiger partial charge in [-0.15, -0.1) is 0 Å². The molecule has 1 heterocycles. The first-order valence-corrected chi connectivity index (χ1v) is 8.47. The smallest absolute Gasteiger partial charge is 0.255 e. The first kappa shape index (κ1) is 16.5. The summed E-state index contributed by atoms with van der Waals surface area (Å²) in [5, 5.41) is 3.41. The van der Waals surface area contributed by atoms with Gasteiger partial charge in [-0.2, -0.15) is 0 Å². The Kier molecular flexibility index (Phi) is 5.16. The number of nitrogens with one attached hydrogen (secondary N) is 1. The molecule has 0 bridgehead atoms. The first-order chi connectivity index (χ1) is 11.6. The molecule has 1 aliphatic rings. The Labute approximate surface area is 146 Å². The van der Waals surface area contributed by atoms with Gasteiger partial charge in [0, 0.05) is 34.9 Å². The van der Waals surface area contributed by atoms with Gasteiger partial charge in [-0.1, -0.05) is 17.7 Å². The standard InChI is InChI=1S/C19H19ClN2O2/c20-16-9-7-14(8-10-16)18(23)21-17-6-4-5-15(13-17)19(24)22-11-2-1-3-12-22/h4-10,13H,1-3,11-12H2,(H,21,23). The molecule has 5 heteroatoms. The molecule has 0 aromatic heterocycles. The summed E-state index contributed by atoms with van der Waals surface area (Å²) in [4.78, 5) is 26.7. The minimum atomic E-state index is -0.228. The van der Waals surface area contributed by atoms with Crippen molar-refractivity contribution in [3.8, 4) is 0 Å². The van der Waals surface area contributed by atoms with Crippen LogP contribution >= 0.6 is 11.6 Å².